The molecule has 0 saturated carbocycles. The lowest BCUT2D eigenvalue weighted by Gasteiger charge is -2.49. The van der Waals surface area contributed by atoms with E-state index in [1.54, 1.807) is 19.2 Å². The molecule has 2 aromatic carbocycles. The number of rotatable bonds is 6. The van der Waals surface area contributed by atoms with E-state index in [1.807, 2.05) is 26.0 Å². The zero-order valence-corrected chi connectivity index (χ0v) is 24.6. The quantitative estimate of drug-likeness (QED) is 0.489. The van der Waals surface area contributed by atoms with Gasteiger partial charge in [0.25, 0.3) is 0 Å². The van der Waals surface area contributed by atoms with Gasteiger partial charge in [-0.3, -0.25) is 4.79 Å². The lowest BCUT2D eigenvalue weighted by molar-refractivity contribution is -0.356. The number of ether oxygens (including phenoxy) is 10. The van der Waals surface area contributed by atoms with E-state index in [1.165, 1.54) is 14.2 Å². The second-order valence-corrected chi connectivity index (χ2v) is 11.6. The number of phenolic OH excluding ortho intramolecular Hbond substituents is 1. The highest BCUT2D eigenvalue weighted by Gasteiger charge is 2.56. The van der Waals surface area contributed by atoms with Gasteiger partial charge in [-0.15, -0.1) is 0 Å². The van der Waals surface area contributed by atoms with Gasteiger partial charge in [-0.1, -0.05) is 6.92 Å². The van der Waals surface area contributed by atoms with Crippen LogP contribution >= 0.6 is 0 Å². The third-order valence-electron chi connectivity index (χ3n) is 9.32. The van der Waals surface area contributed by atoms with Crippen LogP contribution in [-0.2, 0) is 33.2 Å². The first-order valence-electron chi connectivity index (χ1n) is 14.5. The molecular weight excluding hydrogens is 564 g/mol. The maximum atomic E-state index is 13.5. The number of cyclic esters (lactones) is 1. The predicted octanol–water partition coefficient (Wildman–Crippen LogP) is 3.27. The van der Waals surface area contributed by atoms with Crippen LogP contribution in [0.1, 0.15) is 42.6 Å². The fourth-order valence-electron chi connectivity index (χ4n) is 7.26. The molecule has 0 bridgehead atoms. The number of hydrogen-bond acceptors (Lipinski definition) is 12. The van der Waals surface area contributed by atoms with Gasteiger partial charge >= 0.3 is 5.97 Å². The van der Waals surface area contributed by atoms with Crippen LogP contribution in [-0.4, -0.2) is 83.3 Å². The second kappa shape index (κ2) is 11.0. The van der Waals surface area contributed by atoms with Crippen LogP contribution in [0.25, 0.3) is 0 Å². The Labute approximate surface area is 248 Å². The van der Waals surface area contributed by atoms with Crippen molar-refractivity contribution in [3.05, 3.63) is 41.0 Å². The molecule has 0 aromatic heterocycles. The third kappa shape index (κ3) is 4.58. The van der Waals surface area contributed by atoms with E-state index in [4.69, 9.17) is 47.4 Å². The molecule has 7 rings (SSSR count). The molecule has 232 valence electrons. The van der Waals surface area contributed by atoms with Crippen molar-refractivity contribution < 1.29 is 57.3 Å². The lowest BCUT2D eigenvalue weighted by atomic mass is 9.66. The van der Waals surface area contributed by atoms with Gasteiger partial charge < -0.3 is 52.5 Å². The molecule has 0 radical (unpaired) electrons. The first-order valence-corrected chi connectivity index (χ1v) is 14.5. The van der Waals surface area contributed by atoms with E-state index < -0.39 is 24.2 Å². The van der Waals surface area contributed by atoms with Crippen molar-refractivity contribution in [2.75, 3.05) is 41.3 Å². The molecule has 43 heavy (non-hydrogen) atoms. The summed E-state index contributed by atoms with van der Waals surface area (Å²) in [4.78, 5) is 13.5. The predicted molar refractivity (Wildman–Crippen MR) is 146 cm³/mol. The minimum Gasteiger partial charge on any atom is -0.502 e. The van der Waals surface area contributed by atoms with Crippen LogP contribution in [0.5, 0.6) is 28.7 Å². The number of phenols is 1. The van der Waals surface area contributed by atoms with E-state index in [2.05, 4.69) is 0 Å². The van der Waals surface area contributed by atoms with Gasteiger partial charge in [0.05, 0.1) is 45.6 Å². The fraction of sp³-hybridized carbons (Fsp3) is 0.581. The molecule has 4 heterocycles. The first-order chi connectivity index (χ1) is 20.8. The van der Waals surface area contributed by atoms with E-state index in [0.717, 1.165) is 11.1 Å². The average Bonchev–Trinajstić information content (AvgIpc) is 3.63. The van der Waals surface area contributed by atoms with Gasteiger partial charge in [0.15, 0.2) is 35.6 Å². The van der Waals surface area contributed by atoms with Crippen LogP contribution in [0.15, 0.2) is 24.3 Å². The average molecular weight is 601 g/mol. The number of hydrogen-bond donors (Lipinski definition) is 1. The number of esters is 1. The Hall–Kier alpha value is -3.29. The maximum absolute atomic E-state index is 13.5. The highest BCUT2D eigenvalue weighted by molar-refractivity contribution is 5.79. The lowest BCUT2D eigenvalue weighted by Crippen LogP contribution is -2.60. The molecule has 2 aromatic rings. The molecule has 3 saturated heterocycles. The van der Waals surface area contributed by atoms with E-state index >= 15 is 0 Å². The SMILES string of the molecule is COc1cc([C@@H]2c3cc4c(cc3[C@@H](OC3O[C@@H]5CO[C@@H](C)O[C@H]5[C@H](OC)[C@H]3C)[C@H]3COC(=O)[C@H]23)OCO4)cc(OC)c1O. The molecular formula is C31H36O12. The molecule has 5 aliphatic rings. The highest BCUT2D eigenvalue weighted by atomic mass is 16.8. The summed E-state index contributed by atoms with van der Waals surface area (Å²) in [6.07, 6.45) is -2.61. The fourth-order valence-corrected chi connectivity index (χ4v) is 7.26. The normalized spacial score (nSPS) is 35.9. The number of fused-ring (bicyclic) bond motifs is 4. The van der Waals surface area contributed by atoms with Crippen molar-refractivity contribution in [1.82, 2.24) is 0 Å². The third-order valence-corrected chi connectivity index (χ3v) is 9.32. The second-order valence-electron chi connectivity index (χ2n) is 11.6. The molecule has 12 nitrogen and oxygen atoms in total. The Morgan fingerprint density at radius 2 is 1.58 bits per heavy atom. The summed E-state index contributed by atoms with van der Waals surface area (Å²) in [6, 6.07) is 7.26. The van der Waals surface area contributed by atoms with E-state index in [0.29, 0.717) is 23.7 Å². The van der Waals surface area contributed by atoms with Crippen LogP contribution in [0.3, 0.4) is 0 Å². The minimum absolute atomic E-state index is 0.0873. The zero-order chi connectivity index (χ0) is 30.0. The Morgan fingerprint density at radius 3 is 2.26 bits per heavy atom. The molecule has 3 fully saturated rings. The Balaban J connectivity index is 1.32. The molecule has 1 unspecified atom stereocenters. The van der Waals surface area contributed by atoms with E-state index in [9.17, 15) is 9.90 Å². The van der Waals surface area contributed by atoms with Gasteiger partial charge in [-0.05, 0) is 47.9 Å². The van der Waals surface area contributed by atoms with Crippen LogP contribution < -0.4 is 18.9 Å². The monoisotopic (exact) mass is 600 g/mol. The van der Waals surface area contributed by atoms with Crippen molar-refractivity contribution in [3.8, 4) is 28.7 Å². The van der Waals surface area contributed by atoms with Gasteiger partial charge in [0.1, 0.15) is 12.2 Å². The standard InChI is InChI=1S/C31H36O12/c1-13-27(36-5)29-23(11-37-14(2)41-29)42-31(13)43-28-17-9-20-19(39-12-40-20)8-16(17)24(25-18(28)10-38-30(25)33)15-6-21(34-3)26(32)22(7-15)35-4/h6-9,13-14,18,23-25,27-29,31-32H,10-12H2,1-5H3/t13-,14-,18+,23-,24-,25+,27-,28-,29-,31?/m1/s1. The van der Waals surface area contributed by atoms with E-state index in [-0.39, 0.29) is 73.1 Å². The number of methoxy groups -OCH3 is 3. The maximum Gasteiger partial charge on any atom is 0.310 e. The molecule has 12 heteroatoms. The summed E-state index contributed by atoms with van der Waals surface area (Å²) >= 11 is 0. The number of carbonyl (C=O) groups is 1. The zero-order valence-electron chi connectivity index (χ0n) is 24.6. The molecule has 1 N–H and O–H groups in total. The van der Waals surface area contributed by atoms with Gasteiger partial charge in [-0.25, -0.2) is 0 Å². The van der Waals surface area contributed by atoms with Crippen molar-refractivity contribution in [2.24, 2.45) is 17.8 Å². The summed E-state index contributed by atoms with van der Waals surface area (Å²) in [7, 11) is 4.59. The summed E-state index contributed by atoms with van der Waals surface area (Å²) in [6.45, 7) is 4.46. The van der Waals surface area contributed by atoms with Crippen molar-refractivity contribution in [3.63, 3.8) is 0 Å². The van der Waals surface area contributed by atoms with Crippen LogP contribution in [0.4, 0.5) is 0 Å². The highest BCUT2D eigenvalue weighted by Crippen LogP contribution is 2.57. The Kier molecular flexibility index (Phi) is 7.29. The summed E-state index contributed by atoms with van der Waals surface area (Å²) in [5.41, 5.74) is 2.36. The largest absolute Gasteiger partial charge is 0.502 e. The van der Waals surface area contributed by atoms with Crippen LogP contribution in [0, 0.1) is 17.8 Å². The van der Waals surface area contributed by atoms with Gasteiger partial charge in [0.2, 0.25) is 12.5 Å². The Bertz CT molecular complexity index is 1370. The van der Waals surface area contributed by atoms with Gasteiger partial charge in [0, 0.05) is 24.9 Å². The summed E-state index contributed by atoms with van der Waals surface area (Å²) in [5, 5.41) is 10.6. The molecule has 0 amide bonds. The number of benzene rings is 2. The van der Waals surface area contributed by atoms with Gasteiger partial charge in [-0.2, -0.15) is 0 Å². The Morgan fingerprint density at radius 1 is 0.884 bits per heavy atom. The first kappa shape index (κ1) is 28.5. The van der Waals surface area contributed by atoms with Crippen molar-refractivity contribution in [2.45, 2.75) is 56.8 Å². The number of carbonyl (C=O) groups excluding carboxylic acids is 1. The summed E-state index contributed by atoms with van der Waals surface area (Å²) in [5.74, 6) is -0.485. The minimum atomic E-state index is -0.683. The van der Waals surface area contributed by atoms with Crippen molar-refractivity contribution >= 4 is 5.97 Å². The topological polar surface area (TPSA) is 130 Å². The van der Waals surface area contributed by atoms with Crippen LogP contribution in [0.2, 0.25) is 0 Å². The smallest absolute Gasteiger partial charge is 0.310 e. The molecule has 1 aliphatic carbocycles. The van der Waals surface area contributed by atoms with Crippen molar-refractivity contribution in [1.29, 1.82) is 0 Å². The number of aromatic hydroxyl groups is 1. The molecule has 4 aliphatic heterocycles. The molecule has 0 spiro atoms. The summed E-state index contributed by atoms with van der Waals surface area (Å²) < 4.78 is 59.1. The molecule has 10 atom stereocenters.